The van der Waals surface area contributed by atoms with Gasteiger partial charge in [0.25, 0.3) is 0 Å². The Hall–Kier alpha value is -0.840. The second kappa shape index (κ2) is 7.68. The highest BCUT2D eigenvalue weighted by Gasteiger charge is 2.17. The highest BCUT2D eigenvalue weighted by Crippen LogP contribution is 2.33. The van der Waals surface area contributed by atoms with Gasteiger partial charge in [0.2, 0.25) is 0 Å². The molecule has 0 amide bonds. The van der Waals surface area contributed by atoms with Crippen LogP contribution >= 0.6 is 22.7 Å². The molecular formula is C15H21NOS2. The van der Waals surface area contributed by atoms with Crippen LogP contribution in [0.3, 0.4) is 0 Å². The molecule has 0 aliphatic carbocycles. The van der Waals surface area contributed by atoms with Gasteiger partial charge in [-0.25, -0.2) is 0 Å². The molecule has 0 aliphatic heterocycles. The average molecular weight is 295 g/mol. The second-order valence-electron chi connectivity index (χ2n) is 4.53. The predicted octanol–water partition coefficient (Wildman–Crippen LogP) is 4.49. The number of hydrogen-bond donors (Lipinski definition) is 1. The molecule has 0 radical (unpaired) electrons. The first-order valence-electron chi connectivity index (χ1n) is 6.71. The number of methoxy groups -OCH3 is 1. The van der Waals surface area contributed by atoms with E-state index in [4.69, 9.17) is 4.74 Å². The average Bonchev–Trinajstić information content (AvgIpc) is 3.09. The molecule has 19 heavy (non-hydrogen) atoms. The van der Waals surface area contributed by atoms with Gasteiger partial charge < -0.3 is 10.1 Å². The van der Waals surface area contributed by atoms with Crippen molar-refractivity contribution in [3.63, 3.8) is 0 Å². The zero-order chi connectivity index (χ0) is 13.5. The molecule has 1 unspecified atom stereocenters. The van der Waals surface area contributed by atoms with Crippen molar-refractivity contribution in [2.45, 2.75) is 32.2 Å². The van der Waals surface area contributed by atoms with Gasteiger partial charge in [0, 0.05) is 6.04 Å². The summed E-state index contributed by atoms with van der Waals surface area (Å²) >= 11 is 3.56. The minimum absolute atomic E-state index is 0.398. The van der Waals surface area contributed by atoms with Crippen LogP contribution in [0, 0.1) is 0 Å². The molecule has 2 rings (SSSR count). The maximum Gasteiger partial charge on any atom is 0.134 e. The van der Waals surface area contributed by atoms with Crippen LogP contribution in [-0.4, -0.2) is 13.7 Å². The largest absolute Gasteiger partial charge is 0.496 e. The lowest BCUT2D eigenvalue weighted by Crippen LogP contribution is -2.22. The summed E-state index contributed by atoms with van der Waals surface area (Å²) in [5, 5.41) is 10.1. The molecule has 0 aromatic carbocycles. The quantitative estimate of drug-likeness (QED) is 0.774. The van der Waals surface area contributed by atoms with E-state index in [-0.39, 0.29) is 0 Å². The molecule has 2 heterocycles. The van der Waals surface area contributed by atoms with Crippen molar-refractivity contribution < 1.29 is 4.74 Å². The monoisotopic (exact) mass is 295 g/mol. The highest BCUT2D eigenvalue weighted by molar-refractivity contribution is 7.10. The van der Waals surface area contributed by atoms with E-state index in [9.17, 15) is 0 Å². The predicted molar refractivity (Wildman–Crippen MR) is 84.5 cm³/mol. The first-order chi connectivity index (χ1) is 9.35. The van der Waals surface area contributed by atoms with E-state index in [1.54, 1.807) is 29.8 Å². The minimum Gasteiger partial charge on any atom is -0.496 e. The van der Waals surface area contributed by atoms with Gasteiger partial charge in [0.15, 0.2) is 0 Å². The molecule has 0 bridgehead atoms. The maximum absolute atomic E-state index is 5.46. The Morgan fingerprint density at radius 2 is 2.21 bits per heavy atom. The Morgan fingerprint density at radius 3 is 2.89 bits per heavy atom. The first kappa shape index (κ1) is 14.6. The van der Waals surface area contributed by atoms with Crippen molar-refractivity contribution in [2.24, 2.45) is 0 Å². The fourth-order valence-electron chi connectivity index (χ4n) is 2.12. The molecule has 2 nitrogen and oxygen atoms in total. The fourth-order valence-corrected chi connectivity index (χ4v) is 3.80. The first-order valence-corrected chi connectivity index (χ1v) is 8.53. The minimum atomic E-state index is 0.398. The fraction of sp³-hybridized carbons (Fsp3) is 0.467. The van der Waals surface area contributed by atoms with Crippen LogP contribution in [0.25, 0.3) is 0 Å². The lowest BCUT2D eigenvalue weighted by atomic mass is 10.1. The third-order valence-electron chi connectivity index (χ3n) is 3.14. The van der Waals surface area contributed by atoms with Gasteiger partial charge in [0.1, 0.15) is 5.75 Å². The van der Waals surface area contributed by atoms with Crippen LogP contribution in [0.15, 0.2) is 28.3 Å². The molecule has 0 saturated carbocycles. The Labute approximate surface area is 123 Å². The molecule has 0 aliphatic rings. The van der Waals surface area contributed by atoms with E-state index in [1.165, 1.54) is 10.4 Å². The van der Waals surface area contributed by atoms with Crippen molar-refractivity contribution in [1.82, 2.24) is 5.32 Å². The SMILES string of the molecule is CCCNC(CCc1ccsc1)c1sccc1OC. The molecule has 2 aromatic heterocycles. The van der Waals surface area contributed by atoms with Crippen LogP contribution in [0.2, 0.25) is 0 Å². The third-order valence-corrected chi connectivity index (χ3v) is 4.88. The number of rotatable bonds is 8. The van der Waals surface area contributed by atoms with Crippen LogP contribution in [-0.2, 0) is 6.42 Å². The molecular weight excluding hydrogens is 274 g/mol. The molecule has 104 valence electrons. The molecule has 1 atom stereocenters. The normalized spacial score (nSPS) is 12.5. The third kappa shape index (κ3) is 4.06. The Morgan fingerprint density at radius 1 is 1.32 bits per heavy atom. The van der Waals surface area contributed by atoms with Crippen LogP contribution in [0.4, 0.5) is 0 Å². The lowest BCUT2D eigenvalue weighted by Gasteiger charge is -2.18. The van der Waals surface area contributed by atoms with Gasteiger partial charge in [-0.15, -0.1) is 11.3 Å². The molecule has 0 spiro atoms. The number of nitrogens with one attached hydrogen (secondary N) is 1. The zero-order valence-corrected chi connectivity index (χ0v) is 13.2. The Balaban J connectivity index is 2.02. The molecule has 1 N–H and O–H groups in total. The number of ether oxygens (including phenoxy) is 1. The summed E-state index contributed by atoms with van der Waals surface area (Å²) in [6.45, 7) is 3.25. The summed E-state index contributed by atoms with van der Waals surface area (Å²) in [4.78, 5) is 1.33. The van der Waals surface area contributed by atoms with Crippen molar-refractivity contribution in [3.8, 4) is 5.75 Å². The van der Waals surface area contributed by atoms with Gasteiger partial charge in [0.05, 0.1) is 12.0 Å². The van der Waals surface area contributed by atoms with Gasteiger partial charge >= 0.3 is 0 Å². The summed E-state index contributed by atoms with van der Waals surface area (Å²) in [7, 11) is 1.75. The molecule has 2 aromatic rings. The van der Waals surface area contributed by atoms with Crippen molar-refractivity contribution in [1.29, 1.82) is 0 Å². The van der Waals surface area contributed by atoms with E-state index in [0.29, 0.717) is 6.04 Å². The van der Waals surface area contributed by atoms with Gasteiger partial charge in [-0.1, -0.05) is 6.92 Å². The number of hydrogen-bond acceptors (Lipinski definition) is 4. The van der Waals surface area contributed by atoms with Crippen molar-refractivity contribution in [2.75, 3.05) is 13.7 Å². The van der Waals surface area contributed by atoms with E-state index >= 15 is 0 Å². The summed E-state index contributed by atoms with van der Waals surface area (Å²) < 4.78 is 5.46. The van der Waals surface area contributed by atoms with Crippen LogP contribution < -0.4 is 10.1 Å². The topological polar surface area (TPSA) is 21.3 Å². The van der Waals surface area contributed by atoms with Gasteiger partial charge in [-0.2, -0.15) is 11.3 Å². The van der Waals surface area contributed by atoms with E-state index in [0.717, 1.165) is 31.6 Å². The van der Waals surface area contributed by atoms with E-state index in [1.807, 2.05) is 0 Å². The van der Waals surface area contributed by atoms with Crippen LogP contribution in [0.5, 0.6) is 5.75 Å². The summed E-state index contributed by atoms with van der Waals surface area (Å²) in [5.41, 5.74) is 1.43. The van der Waals surface area contributed by atoms with Gasteiger partial charge in [-0.3, -0.25) is 0 Å². The molecule has 0 saturated heterocycles. The zero-order valence-electron chi connectivity index (χ0n) is 11.5. The van der Waals surface area contributed by atoms with Crippen LogP contribution in [0.1, 0.15) is 36.2 Å². The lowest BCUT2D eigenvalue weighted by molar-refractivity contribution is 0.399. The Bertz CT molecular complexity index is 464. The number of aryl methyl sites for hydroxylation is 1. The van der Waals surface area contributed by atoms with Crippen molar-refractivity contribution in [3.05, 3.63) is 38.7 Å². The standard InChI is InChI=1S/C15H21NOS2/c1-3-8-16-13(5-4-12-6-9-18-11-12)15-14(17-2)7-10-19-15/h6-7,9-11,13,16H,3-5,8H2,1-2H3. The summed E-state index contributed by atoms with van der Waals surface area (Å²) in [5.74, 6) is 1.02. The Kier molecular flexibility index (Phi) is 5.89. The van der Waals surface area contributed by atoms with E-state index in [2.05, 4.69) is 40.5 Å². The molecule has 0 fully saturated rings. The maximum atomic E-state index is 5.46. The summed E-state index contributed by atoms with van der Waals surface area (Å²) in [6, 6.07) is 4.67. The molecule has 4 heteroatoms. The summed E-state index contributed by atoms with van der Waals surface area (Å²) in [6.07, 6.45) is 3.39. The van der Waals surface area contributed by atoms with E-state index < -0.39 is 0 Å². The van der Waals surface area contributed by atoms with Gasteiger partial charge in [-0.05, 0) is 59.6 Å². The second-order valence-corrected chi connectivity index (χ2v) is 6.26. The smallest absolute Gasteiger partial charge is 0.134 e. The van der Waals surface area contributed by atoms with Crippen molar-refractivity contribution >= 4 is 22.7 Å². The highest BCUT2D eigenvalue weighted by atomic mass is 32.1. The number of thiophene rings is 2.